The number of amides is 2. The molecule has 1 heterocycles. The molecule has 1 aliphatic carbocycles. The van der Waals surface area contributed by atoms with Crippen LogP contribution in [-0.2, 0) is 16.0 Å². The van der Waals surface area contributed by atoms with Crippen molar-refractivity contribution < 1.29 is 14.3 Å². The zero-order chi connectivity index (χ0) is 13.9. The number of cyclic esters (lactones) is 1. The number of hydrogen-bond donors (Lipinski definition) is 0. The highest BCUT2D eigenvalue weighted by molar-refractivity contribution is 5.94. The Morgan fingerprint density at radius 1 is 1.30 bits per heavy atom. The predicted molar refractivity (Wildman–Crippen MR) is 74.1 cm³/mol. The number of ether oxygens (including phenoxy) is 1. The second kappa shape index (κ2) is 5.49. The molecular weight excluding hydrogens is 254 g/mol. The Balaban J connectivity index is 1.68. The number of carbonyl (C=O) groups is 2. The van der Waals surface area contributed by atoms with Crippen molar-refractivity contribution in [2.45, 2.75) is 31.7 Å². The van der Waals surface area contributed by atoms with Crippen LogP contribution in [0.3, 0.4) is 0 Å². The van der Waals surface area contributed by atoms with Gasteiger partial charge < -0.3 is 4.74 Å². The van der Waals surface area contributed by atoms with E-state index in [9.17, 15) is 9.59 Å². The van der Waals surface area contributed by atoms with Crippen LogP contribution in [0.2, 0.25) is 0 Å². The molecule has 4 nitrogen and oxygen atoms in total. The SMILES string of the molecule is O=C(CC=C1CC1)N1C(=O)OCC1Cc1ccccc1. The average molecular weight is 271 g/mol. The number of allylic oxidation sites excluding steroid dienone is 1. The molecule has 0 spiro atoms. The molecule has 1 aliphatic heterocycles. The highest BCUT2D eigenvalue weighted by Crippen LogP contribution is 2.28. The Labute approximate surface area is 118 Å². The Kier molecular flexibility index (Phi) is 3.54. The van der Waals surface area contributed by atoms with Gasteiger partial charge in [-0.05, 0) is 24.8 Å². The number of rotatable bonds is 4. The largest absolute Gasteiger partial charge is 0.447 e. The monoisotopic (exact) mass is 271 g/mol. The molecule has 1 unspecified atom stereocenters. The maximum atomic E-state index is 12.2. The van der Waals surface area contributed by atoms with E-state index in [-0.39, 0.29) is 18.6 Å². The molecular formula is C16H17NO3. The summed E-state index contributed by atoms with van der Waals surface area (Å²) in [5, 5.41) is 0. The molecule has 1 aromatic rings. The van der Waals surface area contributed by atoms with Crippen LogP contribution in [0.15, 0.2) is 42.0 Å². The molecule has 0 aromatic heterocycles. The lowest BCUT2D eigenvalue weighted by Crippen LogP contribution is -2.39. The zero-order valence-corrected chi connectivity index (χ0v) is 11.2. The van der Waals surface area contributed by atoms with Gasteiger partial charge in [-0.15, -0.1) is 0 Å². The molecule has 0 N–H and O–H groups in total. The smallest absolute Gasteiger partial charge is 0.416 e. The topological polar surface area (TPSA) is 46.6 Å². The highest BCUT2D eigenvalue weighted by atomic mass is 16.6. The second-order valence-corrected chi connectivity index (χ2v) is 5.25. The van der Waals surface area contributed by atoms with Gasteiger partial charge in [0.2, 0.25) is 5.91 Å². The average Bonchev–Trinajstić information content (AvgIpc) is 3.22. The fourth-order valence-electron chi connectivity index (χ4n) is 2.41. The number of imide groups is 1. The van der Waals surface area contributed by atoms with Gasteiger partial charge in [-0.1, -0.05) is 42.0 Å². The van der Waals surface area contributed by atoms with E-state index in [1.165, 1.54) is 10.5 Å². The number of carbonyl (C=O) groups excluding carboxylic acids is 2. The molecule has 20 heavy (non-hydrogen) atoms. The summed E-state index contributed by atoms with van der Waals surface area (Å²) in [5.74, 6) is -0.159. The van der Waals surface area contributed by atoms with Crippen LogP contribution in [0.5, 0.6) is 0 Å². The zero-order valence-electron chi connectivity index (χ0n) is 11.2. The normalized spacial score (nSPS) is 20.8. The van der Waals surface area contributed by atoms with Crippen LogP contribution in [0.4, 0.5) is 4.79 Å². The van der Waals surface area contributed by atoms with Crippen molar-refractivity contribution in [3.05, 3.63) is 47.5 Å². The minimum Gasteiger partial charge on any atom is -0.447 e. The van der Waals surface area contributed by atoms with Gasteiger partial charge in [0.15, 0.2) is 0 Å². The Morgan fingerprint density at radius 3 is 2.75 bits per heavy atom. The van der Waals surface area contributed by atoms with Gasteiger partial charge >= 0.3 is 6.09 Å². The molecule has 1 saturated heterocycles. The van der Waals surface area contributed by atoms with Crippen molar-refractivity contribution in [3.8, 4) is 0 Å². The second-order valence-electron chi connectivity index (χ2n) is 5.25. The summed E-state index contributed by atoms with van der Waals surface area (Å²) < 4.78 is 5.04. The first-order valence-electron chi connectivity index (χ1n) is 6.94. The van der Waals surface area contributed by atoms with E-state index in [1.54, 1.807) is 0 Å². The maximum Gasteiger partial charge on any atom is 0.416 e. The van der Waals surface area contributed by atoms with Crippen molar-refractivity contribution in [2.75, 3.05) is 6.61 Å². The minimum absolute atomic E-state index is 0.159. The summed E-state index contributed by atoms with van der Waals surface area (Å²) in [5.41, 5.74) is 2.42. The molecule has 1 saturated carbocycles. The minimum atomic E-state index is -0.509. The van der Waals surface area contributed by atoms with Crippen molar-refractivity contribution in [1.82, 2.24) is 4.90 Å². The third kappa shape index (κ3) is 2.90. The quantitative estimate of drug-likeness (QED) is 0.791. The summed E-state index contributed by atoms with van der Waals surface area (Å²) in [6.45, 7) is 0.288. The lowest BCUT2D eigenvalue weighted by molar-refractivity contribution is -0.128. The molecule has 1 atom stereocenters. The van der Waals surface area contributed by atoms with Crippen LogP contribution in [0.1, 0.15) is 24.8 Å². The molecule has 2 amide bonds. The van der Waals surface area contributed by atoms with E-state index in [0.29, 0.717) is 12.8 Å². The van der Waals surface area contributed by atoms with Gasteiger partial charge in [0.1, 0.15) is 6.61 Å². The number of nitrogens with zero attached hydrogens (tertiary/aromatic N) is 1. The summed E-state index contributed by atoms with van der Waals surface area (Å²) in [4.78, 5) is 25.2. The highest BCUT2D eigenvalue weighted by Gasteiger charge is 2.37. The van der Waals surface area contributed by atoms with E-state index >= 15 is 0 Å². The first-order chi connectivity index (χ1) is 9.74. The number of hydrogen-bond acceptors (Lipinski definition) is 3. The molecule has 104 valence electrons. The van der Waals surface area contributed by atoms with E-state index in [2.05, 4.69) is 0 Å². The Hall–Kier alpha value is -2.10. The lowest BCUT2D eigenvalue weighted by Gasteiger charge is -2.19. The summed E-state index contributed by atoms with van der Waals surface area (Å²) in [6, 6.07) is 9.67. The van der Waals surface area contributed by atoms with Gasteiger partial charge in [0.05, 0.1) is 6.04 Å². The van der Waals surface area contributed by atoms with Crippen LogP contribution in [-0.4, -0.2) is 29.5 Å². The van der Waals surface area contributed by atoms with Gasteiger partial charge in [0, 0.05) is 6.42 Å². The van der Waals surface area contributed by atoms with Crippen molar-refractivity contribution in [1.29, 1.82) is 0 Å². The fourth-order valence-corrected chi connectivity index (χ4v) is 2.41. The molecule has 0 radical (unpaired) electrons. The summed E-state index contributed by atoms with van der Waals surface area (Å²) in [7, 11) is 0. The standard InChI is InChI=1S/C16H17NO3/c18-15(9-8-12-6-7-12)17-14(11-20-16(17)19)10-13-4-2-1-3-5-13/h1-5,8,14H,6-7,9-11H2. The lowest BCUT2D eigenvalue weighted by atomic mass is 10.1. The third-order valence-electron chi connectivity index (χ3n) is 3.65. The molecule has 2 fully saturated rings. The van der Waals surface area contributed by atoms with Crippen molar-refractivity contribution >= 4 is 12.0 Å². The van der Waals surface area contributed by atoms with Crippen LogP contribution >= 0.6 is 0 Å². The Morgan fingerprint density at radius 2 is 2.05 bits per heavy atom. The van der Waals surface area contributed by atoms with Gasteiger partial charge in [-0.25, -0.2) is 9.69 Å². The molecule has 1 aromatic carbocycles. The maximum absolute atomic E-state index is 12.2. The van der Waals surface area contributed by atoms with E-state index < -0.39 is 6.09 Å². The van der Waals surface area contributed by atoms with Crippen LogP contribution in [0, 0.1) is 0 Å². The van der Waals surface area contributed by atoms with E-state index in [0.717, 1.165) is 18.4 Å². The van der Waals surface area contributed by atoms with E-state index in [4.69, 9.17) is 4.74 Å². The van der Waals surface area contributed by atoms with Gasteiger partial charge in [-0.2, -0.15) is 0 Å². The predicted octanol–water partition coefficient (Wildman–Crippen LogP) is 2.69. The van der Waals surface area contributed by atoms with Crippen molar-refractivity contribution in [3.63, 3.8) is 0 Å². The third-order valence-corrected chi connectivity index (χ3v) is 3.65. The van der Waals surface area contributed by atoms with Gasteiger partial charge in [0.25, 0.3) is 0 Å². The first-order valence-corrected chi connectivity index (χ1v) is 6.94. The molecule has 2 aliphatic rings. The molecule has 4 heteroatoms. The number of benzene rings is 1. The van der Waals surface area contributed by atoms with E-state index in [1.807, 2.05) is 36.4 Å². The molecule has 0 bridgehead atoms. The Bertz CT molecular complexity index is 544. The van der Waals surface area contributed by atoms with Crippen molar-refractivity contribution in [2.24, 2.45) is 0 Å². The first kappa shape index (κ1) is 12.9. The van der Waals surface area contributed by atoms with Crippen LogP contribution in [0.25, 0.3) is 0 Å². The summed E-state index contributed by atoms with van der Waals surface area (Å²) >= 11 is 0. The summed E-state index contributed by atoms with van der Waals surface area (Å²) in [6.07, 6.45) is 4.55. The fraction of sp³-hybridized carbons (Fsp3) is 0.375. The molecule has 3 rings (SSSR count). The van der Waals surface area contributed by atoms with Gasteiger partial charge in [-0.3, -0.25) is 4.79 Å². The van der Waals surface area contributed by atoms with Crippen LogP contribution < -0.4 is 0 Å².